The number of ketones is 1. The number of hydrogen-bond acceptors (Lipinski definition) is 6. The molecule has 0 aliphatic carbocycles. The molecule has 4 N–H and O–H groups in total. The predicted molar refractivity (Wildman–Crippen MR) is 143 cm³/mol. The topological polar surface area (TPSA) is 103 Å². The smallest absolute Gasteiger partial charge is 0.309 e. The van der Waals surface area contributed by atoms with Crippen LogP contribution in [-0.4, -0.2) is 49.8 Å². The average molecular weight is 538 g/mol. The van der Waals surface area contributed by atoms with Crippen LogP contribution in [0, 0.1) is 11.7 Å². The third kappa shape index (κ3) is 7.03. The maximum atomic E-state index is 13.9. The molecule has 0 bridgehead atoms. The number of urea groups is 1. The third-order valence-corrected chi connectivity index (χ3v) is 7.70. The lowest BCUT2D eigenvalue weighted by Crippen LogP contribution is -2.38. The highest BCUT2D eigenvalue weighted by atomic mass is 35.5. The molecule has 196 valence electrons. The van der Waals surface area contributed by atoms with Crippen molar-refractivity contribution in [3.8, 4) is 0 Å². The quantitative estimate of drug-likeness (QED) is 0.380. The number of hydrogen-bond donors (Lipinski definition) is 4. The second-order valence-electron chi connectivity index (χ2n) is 10.1. The molecule has 36 heavy (non-hydrogen) atoms. The number of likely N-dealkylation sites (N-methyl/N-ethyl adjacent to an activating group) is 1. The van der Waals surface area contributed by atoms with Gasteiger partial charge in [0.2, 0.25) is 5.91 Å². The number of anilines is 2. The lowest BCUT2D eigenvalue weighted by molar-refractivity contribution is -0.121. The minimum atomic E-state index is -0.541. The van der Waals surface area contributed by atoms with Crippen molar-refractivity contribution in [3.05, 3.63) is 45.0 Å². The second-order valence-corrected chi connectivity index (χ2v) is 11.6. The molecule has 2 aromatic rings. The number of carbonyl (C=O) groups is 3. The number of nitrogens with one attached hydrogen (secondary N) is 4. The Kier molecular flexibility index (Phi) is 9.10. The van der Waals surface area contributed by atoms with E-state index in [-0.39, 0.29) is 40.2 Å². The molecule has 1 saturated heterocycles. The zero-order valence-corrected chi connectivity index (χ0v) is 22.8. The summed E-state index contributed by atoms with van der Waals surface area (Å²) in [5.74, 6) is -1.06. The number of benzene rings is 1. The van der Waals surface area contributed by atoms with Gasteiger partial charge in [-0.3, -0.25) is 20.3 Å². The Morgan fingerprint density at radius 2 is 1.97 bits per heavy atom. The van der Waals surface area contributed by atoms with Gasteiger partial charge in [-0.25, -0.2) is 14.6 Å². The summed E-state index contributed by atoms with van der Waals surface area (Å²) in [5, 5.41) is 6.22. The van der Waals surface area contributed by atoms with E-state index < -0.39 is 11.8 Å². The molecule has 3 amide bonds. The number of halogens is 2. The van der Waals surface area contributed by atoms with Crippen molar-refractivity contribution in [2.24, 2.45) is 5.92 Å². The van der Waals surface area contributed by atoms with E-state index in [1.807, 2.05) is 39.8 Å². The van der Waals surface area contributed by atoms with Crippen molar-refractivity contribution >= 4 is 51.3 Å². The Morgan fingerprint density at radius 1 is 1.25 bits per heavy atom. The summed E-state index contributed by atoms with van der Waals surface area (Å²) < 4.78 is 13.4. The number of nitrogens with zero attached hydrogens (tertiary/aromatic N) is 1. The lowest BCUT2D eigenvalue weighted by atomic mass is 9.84. The summed E-state index contributed by atoms with van der Waals surface area (Å²) >= 11 is 7.45. The van der Waals surface area contributed by atoms with Gasteiger partial charge in [0.05, 0.1) is 10.7 Å². The van der Waals surface area contributed by atoms with Crippen LogP contribution in [0.1, 0.15) is 54.4 Å². The minimum absolute atomic E-state index is 0.0380. The third-order valence-electron chi connectivity index (χ3n) is 5.82. The van der Waals surface area contributed by atoms with Crippen LogP contribution in [0.2, 0.25) is 5.02 Å². The van der Waals surface area contributed by atoms with Gasteiger partial charge in [0, 0.05) is 35.9 Å². The average Bonchev–Trinajstić information content (AvgIpc) is 2.99. The number of amides is 3. The van der Waals surface area contributed by atoms with Gasteiger partial charge in [0.25, 0.3) is 0 Å². The van der Waals surface area contributed by atoms with Crippen LogP contribution in [-0.2, 0) is 16.6 Å². The summed E-state index contributed by atoms with van der Waals surface area (Å²) in [6, 6.07) is 3.19. The highest BCUT2D eigenvalue weighted by Crippen LogP contribution is 2.42. The van der Waals surface area contributed by atoms with Crippen LogP contribution in [0.3, 0.4) is 0 Å². The zero-order chi connectivity index (χ0) is 26.6. The molecule has 1 fully saturated rings. The van der Waals surface area contributed by atoms with Crippen molar-refractivity contribution in [1.29, 1.82) is 0 Å². The van der Waals surface area contributed by atoms with Crippen LogP contribution in [0.15, 0.2) is 18.2 Å². The first kappa shape index (κ1) is 28.0. The highest BCUT2D eigenvalue weighted by molar-refractivity contribution is 7.17. The van der Waals surface area contributed by atoms with Gasteiger partial charge >= 0.3 is 6.03 Å². The molecule has 2 heterocycles. The van der Waals surface area contributed by atoms with E-state index in [1.54, 1.807) is 0 Å². The molecular weight excluding hydrogens is 505 g/mol. The first-order valence-corrected chi connectivity index (χ1v) is 13.0. The lowest BCUT2D eigenvalue weighted by Gasteiger charge is -2.22. The molecule has 0 radical (unpaired) electrons. The summed E-state index contributed by atoms with van der Waals surface area (Å²) in [6.07, 6.45) is 1.25. The maximum absolute atomic E-state index is 13.9. The zero-order valence-electron chi connectivity index (χ0n) is 21.2. The van der Waals surface area contributed by atoms with Gasteiger partial charge in [-0.1, -0.05) is 32.4 Å². The van der Waals surface area contributed by atoms with E-state index in [2.05, 4.69) is 21.5 Å². The second kappa shape index (κ2) is 11.7. The van der Waals surface area contributed by atoms with E-state index in [1.165, 1.54) is 23.5 Å². The van der Waals surface area contributed by atoms with Gasteiger partial charge in [0.15, 0.2) is 5.78 Å². The number of Topliss-reactive ketones (excluding diaryl/α,β-unsaturated/α-hetero) is 1. The molecule has 11 heteroatoms. The standard InChI is InChI=1S/C25H33ClFN5O3S/c1-25(2,3)22-20(21(34)14-6-9-19(33)31-28-13-14)16(10-11-32(4)5)23(36-22)30-24(35)29-18-8-7-15(27)12-17(18)26/h7-8,12,14,28H,6,9-11,13H2,1-5H3,(H,31,33)(H2,29,30,35). The molecule has 1 aromatic heterocycles. The maximum Gasteiger partial charge on any atom is 0.324 e. The summed E-state index contributed by atoms with van der Waals surface area (Å²) in [4.78, 5) is 41.5. The Labute approximate surface area is 219 Å². The van der Waals surface area contributed by atoms with E-state index in [9.17, 15) is 18.8 Å². The van der Waals surface area contributed by atoms with Gasteiger partial charge in [-0.2, -0.15) is 0 Å². The first-order valence-electron chi connectivity index (χ1n) is 11.8. The molecule has 1 aromatic carbocycles. The van der Waals surface area contributed by atoms with Crippen LogP contribution in [0.5, 0.6) is 0 Å². The Bertz CT molecular complexity index is 1150. The van der Waals surface area contributed by atoms with Crippen LogP contribution < -0.4 is 21.5 Å². The van der Waals surface area contributed by atoms with E-state index in [0.29, 0.717) is 36.5 Å². The Hall–Kier alpha value is -2.53. The fourth-order valence-corrected chi connectivity index (χ4v) is 5.47. The minimum Gasteiger partial charge on any atom is -0.309 e. The number of rotatable bonds is 7. The molecule has 3 rings (SSSR count). The molecule has 1 aliphatic rings. The van der Waals surface area contributed by atoms with Gasteiger partial charge in [-0.15, -0.1) is 11.3 Å². The molecule has 0 spiro atoms. The molecule has 8 nitrogen and oxygen atoms in total. The van der Waals surface area contributed by atoms with Crippen LogP contribution in [0.25, 0.3) is 0 Å². The SMILES string of the molecule is CN(C)CCc1c(NC(=O)Nc2ccc(F)cc2Cl)sc(C(C)(C)C)c1C(=O)C1CCC(=O)NNC1. The van der Waals surface area contributed by atoms with Crippen molar-refractivity contribution in [2.75, 3.05) is 37.8 Å². The van der Waals surface area contributed by atoms with Gasteiger partial charge in [0.1, 0.15) is 10.8 Å². The highest BCUT2D eigenvalue weighted by Gasteiger charge is 2.34. The Balaban J connectivity index is 1.99. The Morgan fingerprint density at radius 3 is 2.61 bits per heavy atom. The number of thiophene rings is 1. The normalized spacial score (nSPS) is 16.4. The fourth-order valence-electron chi connectivity index (χ4n) is 3.95. The van der Waals surface area contributed by atoms with Crippen molar-refractivity contribution in [3.63, 3.8) is 0 Å². The molecule has 1 atom stereocenters. The number of carbonyl (C=O) groups excluding carboxylic acids is 3. The summed E-state index contributed by atoms with van der Waals surface area (Å²) in [5.41, 5.74) is 6.76. The van der Waals surface area contributed by atoms with Gasteiger partial charge in [-0.05, 0) is 56.1 Å². The first-order chi connectivity index (χ1) is 16.9. The van der Waals surface area contributed by atoms with E-state index in [0.717, 1.165) is 16.5 Å². The fraction of sp³-hybridized carbons (Fsp3) is 0.480. The van der Waals surface area contributed by atoms with Crippen molar-refractivity contribution < 1.29 is 18.8 Å². The summed E-state index contributed by atoms with van der Waals surface area (Å²) in [6.45, 7) is 7.10. The molecule has 0 saturated carbocycles. The molecule has 1 aliphatic heterocycles. The van der Waals surface area contributed by atoms with E-state index >= 15 is 0 Å². The van der Waals surface area contributed by atoms with Crippen LogP contribution in [0.4, 0.5) is 19.9 Å². The predicted octanol–water partition coefficient (Wildman–Crippen LogP) is 4.80. The van der Waals surface area contributed by atoms with Crippen molar-refractivity contribution in [1.82, 2.24) is 15.8 Å². The summed E-state index contributed by atoms with van der Waals surface area (Å²) in [7, 11) is 3.89. The molecular formula is C25H33ClFN5O3S. The van der Waals surface area contributed by atoms with Crippen molar-refractivity contribution in [2.45, 2.75) is 45.4 Å². The molecule has 1 unspecified atom stereocenters. The van der Waals surface area contributed by atoms with Gasteiger partial charge < -0.3 is 10.2 Å². The largest absolute Gasteiger partial charge is 0.324 e. The van der Waals surface area contributed by atoms with E-state index in [4.69, 9.17) is 11.6 Å². The number of hydrazine groups is 1. The monoisotopic (exact) mass is 537 g/mol. The van der Waals surface area contributed by atoms with Crippen LogP contribution >= 0.6 is 22.9 Å².